The van der Waals surface area contributed by atoms with Crippen molar-refractivity contribution in [1.82, 2.24) is 0 Å². The molecule has 7 aliphatic rings. The summed E-state index contributed by atoms with van der Waals surface area (Å²) >= 11 is 7.83. The van der Waals surface area contributed by atoms with Gasteiger partial charge in [-0.3, -0.25) is 0 Å². The molecule has 7 saturated carbocycles. The summed E-state index contributed by atoms with van der Waals surface area (Å²) in [6, 6.07) is 0. The second-order valence-electron chi connectivity index (χ2n) is 6.44. The van der Waals surface area contributed by atoms with E-state index in [0.29, 0.717) is 3.23 Å². The van der Waals surface area contributed by atoms with E-state index < -0.39 is 0 Å². The molecule has 0 aromatic rings. The first-order valence-corrected chi connectivity index (χ1v) is 7.17. The van der Waals surface area contributed by atoms with Crippen LogP contribution < -0.4 is 0 Å². The van der Waals surface area contributed by atoms with Crippen molar-refractivity contribution in [3.8, 4) is 0 Å². The van der Waals surface area contributed by atoms with E-state index in [2.05, 4.69) is 31.9 Å². The molecule has 0 aliphatic heterocycles. The predicted octanol–water partition coefficient (Wildman–Crippen LogP) is 2.86. The van der Waals surface area contributed by atoms with E-state index in [1.54, 1.807) is 0 Å². The summed E-state index contributed by atoms with van der Waals surface area (Å²) in [5.41, 5.74) is 0.765. The number of rotatable bonds is 0. The lowest BCUT2D eigenvalue weighted by atomic mass is 9.88. The first-order valence-electron chi connectivity index (χ1n) is 5.58. The fraction of sp³-hybridized carbons (Fsp3) is 1.00. The van der Waals surface area contributed by atoms with E-state index >= 15 is 0 Å². The average Bonchev–Trinajstić information content (AvgIpc) is 2.94. The summed E-state index contributed by atoms with van der Waals surface area (Å²) in [7, 11) is 0. The Hall–Kier alpha value is 0.960. The van der Waals surface area contributed by atoms with E-state index in [-0.39, 0.29) is 0 Å². The molecule has 7 fully saturated rings. The zero-order chi connectivity index (χ0) is 8.33. The molecule has 7 rings (SSSR count). The highest BCUT2D eigenvalue weighted by Gasteiger charge is 3.01. The molecule has 4 unspecified atom stereocenters. The number of hydrogen-bond acceptors (Lipinski definition) is 0. The molecule has 2 bridgehead atoms. The minimum absolute atomic E-state index is 0.391. The SMILES string of the molecule is BrC1(Br)CC12C1[C@H]3C4C5[C@H](C2[C@H]43)[C@@H]51. The molecule has 0 heterocycles. The molecule has 0 radical (unpaired) electrons. The maximum absolute atomic E-state index is 3.91. The van der Waals surface area contributed by atoms with Crippen molar-refractivity contribution in [2.24, 2.45) is 52.8 Å². The lowest BCUT2D eigenvalue weighted by Crippen LogP contribution is -2.20. The van der Waals surface area contributed by atoms with E-state index in [9.17, 15) is 0 Å². The summed E-state index contributed by atoms with van der Waals surface area (Å²) in [4.78, 5) is 0. The van der Waals surface area contributed by atoms with Crippen LogP contribution in [0.1, 0.15) is 6.42 Å². The Morgan fingerprint density at radius 2 is 1.15 bits per heavy atom. The highest BCUT2D eigenvalue weighted by molar-refractivity contribution is 9.25. The van der Waals surface area contributed by atoms with Gasteiger partial charge in [-0.2, -0.15) is 0 Å². The molecular weight excluding hydrogens is 292 g/mol. The van der Waals surface area contributed by atoms with Gasteiger partial charge in [-0.1, -0.05) is 31.9 Å². The molecule has 7 aliphatic carbocycles. The Bertz CT molecular complexity index is 342. The van der Waals surface area contributed by atoms with Crippen LogP contribution in [0.25, 0.3) is 0 Å². The van der Waals surface area contributed by atoms with Gasteiger partial charge in [-0.05, 0) is 53.8 Å². The summed E-state index contributed by atoms with van der Waals surface area (Å²) in [6.45, 7) is 0. The molecule has 0 N–H and O–H groups in total. The van der Waals surface area contributed by atoms with Gasteiger partial charge in [-0.15, -0.1) is 0 Å². The highest BCUT2D eigenvalue weighted by atomic mass is 79.9. The van der Waals surface area contributed by atoms with Crippen LogP contribution in [0.4, 0.5) is 0 Å². The Kier molecular flexibility index (Phi) is 0.645. The number of alkyl halides is 2. The zero-order valence-corrected chi connectivity index (χ0v) is 10.3. The topological polar surface area (TPSA) is 0 Å². The summed E-state index contributed by atoms with van der Waals surface area (Å²) in [6.07, 6.45) is 1.44. The molecule has 0 aromatic heterocycles. The van der Waals surface area contributed by atoms with Crippen molar-refractivity contribution in [2.45, 2.75) is 9.65 Å². The third kappa shape index (κ3) is 0.358. The van der Waals surface area contributed by atoms with Crippen molar-refractivity contribution >= 4 is 31.9 Å². The number of hydrogen-bond donors (Lipinski definition) is 0. The van der Waals surface area contributed by atoms with Gasteiger partial charge in [0.15, 0.2) is 0 Å². The number of halogens is 2. The largest absolute Gasteiger partial charge is 0.0874 e. The summed E-state index contributed by atoms with van der Waals surface area (Å²) < 4.78 is 0.391. The fourth-order valence-corrected chi connectivity index (χ4v) is 8.85. The van der Waals surface area contributed by atoms with Crippen LogP contribution in [0.5, 0.6) is 0 Å². The molecule has 68 valence electrons. The third-order valence-corrected chi connectivity index (χ3v) is 8.79. The van der Waals surface area contributed by atoms with Gasteiger partial charge in [0.1, 0.15) is 0 Å². The first-order chi connectivity index (χ1) is 6.20. The Labute approximate surface area is 94.1 Å². The van der Waals surface area contributed by atoms with Gasteiger partial charge in [0.2, 0.25) is 0 Å². The second kappa shape index (κ2) is 1.29. The summed E-state index contributed by atoms with van der Waals surface area (Å²) in [5.74, 6) is 9.74. The Morgan fingerprint density at radius 1 is 0.769 bits per heavy atom. The van der Waals surface area contributed by atoms with Crippen molar-refractivity contribution in [3.05, 3.63) is 0 Å². The van der Waals surface area contributed by atoms with Crippen LogP contribution in [-0.2, 0) is 0 Å². The van der Waals surface area contributed by atoms with Gasteiger partial charge >= 0.3 is 0 Å². The molecule has 0 saturated heterocycles. The molecule has 2 heteroatoms. The van der Waals surface area contributed by atoms with Gasteiger partial charge in [0, 0.05) is 5.41 Å². The van der Waals surface area contributed by atoms with Crippen LogP contribution >= 0.6 is 31.9 Å². The standard InChI is InChI=1S/C11H10Br2/c12-11(13)1-10(11)8-4-2-3-6(8)7(3)9(10)5(2)4/h2-9H,1H2/t2?,3?,4-,5+,6+,7-,8?,9?,10?. The predicted molar refractivity (Wildman–Crippen MR) is 55.6 cm³/mol. The quantitative estimate of drug-likeness (QED) is 0.604. The molecule has 1 spiro atoms. The minimum Gasteiger partial charge on any atom is -0.0721 e. The molecular formula is C11H10Br2. The molecule has 0 aromatic carbocycles. The van der Waals surface area contributed by atoms with Crippen molar-refractivity contribution in [3.63, 3.8) is 0 Å². The van der Waals surface area contributed by atoms with Crippen LogP contribution in [0.2, 0.25) is 0 Å². The minimum atomic E-state index is 0.391. The lowest BCUT2D eigenvalue weighted by Gasteiger charge is -2.21. The third-order valence-electron chi connectivity index (χ3n) is 6.75. The summed E-state index contributed by atoms with van der Waals surface area (Å²) in [5, 5.41) is 0. The van der Waals surface area contributed by atoms with E-state index in [1.165, 1.54) is 53.8 Å². The van der Waals surface area contributed by atoms with Crippen molar-refractivity contribution in [2.75, 3.05) is 0 Å². The van der Waals surface area contributed by atoms with Crippen molar-refractivity contribution in [1.29, 1.82) is 0 Å². The van der Waals surface area contributed by atoms with Gasteiger partial charge in [-0.25, -0.2) is 0 Å². The normalized spacial score (nSPS) is 90.9. The van der Waals surface area contributed by atoms with Gasteiger partial charge < -0.3 is 0 Å². The average molecular weight is 302 g/mol. The van der Waals surface area contributed by atoms with Gasteiger partial charge in [0.25, 0.3) is 0 Å². The van der Waals surface area contributed by atoms with E-state index in [0.717, 1.165) is 5.41 Å². The molecule has 0 amide bonds. The monoisotopic (exact) mass is 300 g/mol. The second-order valence-corrected chi connectivity index (χ2v) is 10.2. The van der Waals surface area contributed by atoms with E-state index in [1.807, 2.05) is 0 Å². The smallest absolute Gasteiger partial charge is 0.0721 e. The maximum atomic E-state index is 3.91. The Morgan fingerprint density at radius 3 is 1.46 bits per heavy atom. The Balaban J connectivity index is 1.69. The van der Waals surface area contributed by atoms with E-state index in [4.69, 9.17) is 0 Å². The van der Waals surface area contributed by atoms with Crippen LogP contribution in [0, 0.1) is 52.8 Å². The molecule has 0 nitrogen and oxygen atoms in total. The van der Waals surface area contributed by atoms with Gasteiger partial charge in [0.05, 0.1) is 3.23 Å². The van der Waals surface area contributed by atoms with Crippen LogP contribution in [0.15, 0.2) is 0 Å². The van der Waals surface area contributed by atoms with Crippen LogP contribution in [0.3, 0.4) is 0 Å². The highest BCUT2D eigenvalue weighted by Crippen LogP contribution is 3.04. The van der Waals surface area contributed by atoms with Crippen molar-refractivity contribution < 1.29 is 0 Å². The maximum Gasteiger partial charge on any atom is 0.0874 e. The molecule has 8 atom stereocenters. The zero-order valence-electron chi connectivity index (χ0n) is 7.08. The first kappa shape index (κ1) is 6.52. The molecule has 13 heavy (non-hydrogen) atoms. The lowest BCUT2D eigenvalue weighted by molar-refractivity contribution is 0.303. The van der Waals surface area contributed by atoms with Crippen LogP contribution in [-0.4, -0.2) is 3.23 Å². The fourth-order valence-electron chi connectivity index (χ4n) is 6.87.